The lowest BCUT2D eigenvalue weighted by atomic mass is 9.72. The lowest BCUT2D eigenvalue weighted by Gasteiger charge is -2.54. The van der Waals surface area contributed by atoms with Gasteiger partial charge in [0.2, 0.25) is 6.41 Å². The van der Waals surface area contributed by atoms with E-state index in [-0.39, 0.29) is 6.41 Å². The van der Waals surface area contributed by atoms with E-state index in [1.165, 1.54) is 59.2 Å². The van der Waals surface area contributed by atoms with Gasteiger partial charge in [-0.1, -0.05) is 42.0 Å². The minimum atomic E-state index is 0.181. The van der Waals surface area contributed by atoms with E-state index in [0.717, 1.165) is 37.6 Å². The lowest BCUT2D eigenvalue weighted by Crippen LogP contribution is -2.59. The Morgan fingerprint density at radius 1 is 1.00 bits per heavy atom. The molecule has 1 spiro atoms. The number of methoxy groups -OCH3 is 1. The molecule has 6 rings (SSSR count). The largest absolute Gasteiger partial charge is 0.497 e. The van der Waals surface area contributed by atoms with E-state index in [4.69, 9.17) is 19.7 Å². The Balaban J connectivity index is 0.000000723. The highest BCUT2D eigenvalue weighted by atomic mass is 16.5. The van der Waals surface area contributed by atoms with Crippen LogP contribution in [0.3, 0.4) is 0 Å². The van der Waals surface area contributed by atoms with Gasteiger partial charge in [-0.15, -0.1) is 0 Å². The maximum absolute atomic E-state index is 8.81. The van der Waals surface area contributed by atoms with Crippen LogP contribution in [0.4, 0.5) is 5.69 Å². The minimum absolute atomic E-state index is 0.181. The molecule has 0 radical (unpaired) electrons. The van der Waals surface area contributed by atoms with Gasteiger partial charge in [-0.2, -0.15) is 0 Å². The van der Waals surface area contributed by atoms with Gasteiger partial charge in [0.15, 0.2) is 0 Å². The second-order valence-electron chi connectivity index (χ2n) is 10.8. The molecule has 2 N–H and O–H groups in total. The van der Waals surface area contributed by atoms with E-state index in [1.54, 1.807) is 7.11 Å². The van der Waals surface area contributed by atoms with Crippen molar-refractivity contribution < 1.29 is 14.7 Å². The fourth-order valence-electron chi connectivity index (χ4n) is 5.82. The summed E-state index contributed by atoms with van der Waals surface area (Å²) in [7, 11) is 1.72. The number of likely N-dealkylation sites (tertiary alicyclic amines) is 1. The Morgan fingerprint density at radius 3 is 2.28 bits per heavy atom. The Labute approximate surface area is 229 Å². The van der Waals surface area contributed by atoms with E-state index in [1.807, 2.05) is 0 Å². The van der Waals surface area contributed by atoms with E-state index in [2.05, 4.69) is 94.3 Å². The van der Waals surface area contributed by atoms with Crippen LogP contribution in [-0.2, 0) is 17.9 Å². The van der Waals surface area contributed by atoms with Crippen LogP contribution in [0.5, 0.6) is 5.75 Å². The maximum atomic E-state index is 8.81. The number of ether oxygens (including phenoxy) is 1. The fourth-order valence-corrected chi connectivity index (χ4v) is 5.82. The first-order valence-corrected chi connectivity index (χ1v) is 13.4. The molecule has 8 heteroatoms. The number of piperidine rings is 1. The number of aryl methyl sites for hydroxylation is 1. The molecule has 0 bridgehead atoms. The highest BCUT2D eigenvalue weighted by Gasteiger charge is 2.44. The Morgan fingerprint density at radius 2 is 1.64 bits per heavy atom. The fraction of sp³-hybridized carbons (Fsp3) is 0.355. The summed E-state index contributed by atoms with van der Waals surface area (Å²) < 4.78 is 7.53. The molecule has 0 saturated carbocycles. The van der Waals surface area contributed by atoms with Crippen LogP contribution in [0.1, 0.15) is 29.5 Å². The number of carbonyl (C=O) groups is 1. The van der Waals surface area contributed by atoms with Crippen molar-refractivity contribution >= 4 is 23.1 Å². The summed E-state index contributed by atoms with van der Waals surface area (Å²) in [5.74, 6) is 0.928. The van der Waals surface area contributed by atoms with Crippen molar-refractivity contribution in [3.8, 4) is 5.75 Å². The number of hydrogen-bond donors (Lipinski definition) is 2. The predicted octanol–water partition coefficient (Wildman–Crippen LogP) is 4.63. The Kier molecular flexibility index (Phi) is 8.14. The number of carbonyl (C=O) groups excluding carboxylic acids is 1. The highest BCUT2D eigenvalue weighted by molar-refractivity contribution is 5.80. The third-order valence-corrected chi connectivity index (χ3v) is 7.99. The van der Waals surface area contributed by atoms with Gasteiger partial charge in [-0.25, -0.2) is 10.5 Å². The van der Waals surface area contributed by atoms with Crippen LogP contribution >= 0.6 is 0 Å². The SMILES string of the molecule is COc1ccc(CN2CC3(CCN(c4cnc5c(ccn5Cc5ccc(C)cc5)c4)CC3)C2)cc1.O=CNO. The molecule has 4 heterocycles. The van der Waals surface area contributed by atoms with E-state index >= 15 is 0 Å². The smallest absolute Gasteiger partial charge is 0.230 e. The van der Waals surface area contributed by atoms with Crippen molar-refractivity contribution in [1.29, 1.82) is 0 Å². The maximum Gasteiger partial charge on any atom is 0.230 e. The van der Waals surface area contributed by atoms with Gasteiger partial charge < -0.3 is 14.2 Å². The number of nitrogens with one attached hydrogen (secondary N) is 1. The molecular weight excluding hydrogens is 490 g/mol. The molecular formula is C31H37N5O3. The number of fused-ring (bicyclic) bond motifs is 1. The normalized spacial score (nSPS) is 16.3. The van der Waals surface area contributed by atoms with E-state index in [9.17, 15) is 0 Å². The van der Waals surface area contributed by atoms with Crippen molar-refractivity contribution in [3.63, 3.8) is 0 Å². The van der Waals surface area contributed by atoms with Crippen LogP contribution < -0.4 is 15.1 Å². The molecule has 0 aliphatic carbocycles. The first-order chi connectivity index (χ1) is 19.0. The number of nitrogens with zero attached hydrogens (tertiary/aromatic N) is 4. The Bertz CT molecular complexity index is 1370. The number of hydrogen-bond acceptors (Lipinski definition) is 6. The molecule has 2 aliphatic rings. The molecule has 0 atom stereocenters. The van der Waals surface area contributed by atoms with Crippen molar-refractivity contribution in [2.24, 2.45) is 5.41 Å². The van der Waals surface area contributed by atoms with Gasteiger partial charge in [-0.05, 0) is 60.6 Å². The predicted molar refractivity (Wildman–Crippen MR) is 153 cm³/mol. The van der Waals surface area contributed by atoms with Gasteiger partial charge in [0, 0.05) is 50.9 Å². The standard InChI is InChI=1S/C30H34N4O.CH3NO2/c1-23-3-5-25(6-4-23)20-34-14-11-26-17-27(18-31-29(26)34)33-15-12-30(13-16-33)21-32(22-30)19-24-7-9-28(35-2)10-8-24;3-1-2-4/h3-11,14,17-18H,12-13,15-16,19-22H2,1-2H3;1,4H,(H,2,3). The van der Waals surface area contributed by atoms with Gasteiger partial charge in [-0.3, -0.25) is 14.9 Å². The van der Waals surface area contributed by atoms with Gasteiger partial charge >= 0.3 is 0 Å². The molecule has 2 fully saturated rings. The number of anilines is 1. The summed E-state index contributed by atoms with van der Waals surface area (Å²) in [6.45, 7) is 8.69. The van der Waals surface area contributed by atoms with Crippen LogP contribution in [-0.4, -0.2) is 59.4 Å². The molecule has 39 heavy (non-hydrogen) atoms. The molecule has 8 nitrogen and oxygen atoms in total. The number of pyridine rings is 1. The van der Waals surface area contributed by atoms with Crippen molar-refractivity contribution in [2.75, 3.05) is 38.2 Å². The van der Waals surface area contributed by atoms with Gasteiger partial charge in [0.25, 0.3) is 0 Å². The highest BCUT2D eigenvalue weighted by Crippen LogP contribution is 2.42. The number of aromatic nitrogens is 2. The van der Waals surface area contributed by atoms with E-state index < -0.39 is 0 Å². The molecule has 2 saturated heterocycles. The van der Waals surface area contributed by atoms with Crippen molar-refractivity contribution in [1.82, 2.24) is 19.9 Å². The summed E-state index contributed by atoms with van der Waals surface area (Å²) in [6, 6.07) is 21.8. The van der Waals surface area contributed by atoms with Gasteiger partial charge in [0.05, 0.1) is 19.0 Å². The molecule has 0 unspecified atom stereocenters. The van der Waals surface area contributed by atoms with Crippen molar-refractivity contribution in [3.05, 3.63) is 89.7 Å². The number of rotatable bonds is 7. The van der Waals surface area contributed by atoms with Crippen molar-refractivity contribution in [2.45, 2.75) is 32.9 Å². The zero-order valence-electron chi connectivity index (χ0n) is 22.7. The summed E-state index contributed by atoms with van der Waals surface area (Å²) in [4.78, 5) is 18.8. The summed E-state index contributed by atoms with van der Waals surface area (Å²) in [5, 5.41) is 8.48. The first-order valence-electron chi connectivity index (χ1n) is 13.4. The number of hydroxylamine groups is 1. The zero-order valence-corrected chi connectivity index (χ0v) is 22.7. The number of benzene rings is 2. The van der Waals surface area contributed by atoms with Crippen LogP contribution in [0.15, 0.2) is 73.1 Å². The van der Waals surface area contributed by atoms with E-state index in [0.29, 0.717) is 5.41 Å². The number of amides is 1. The minimum Gasteiger partial charge on any atom is -0.497 e. The third-order valence-electron chi connectivity index (χ3n) is 7.99. The molecule has 2 aromatic carbocycles. The molecule has 4 aromatic rings. The monoisotopic (exact) mass is 527 g/mol. The average molecular weight is 528 g/mol. The molecule has 2 aliphatic heterocycles. The zero-order chi connectivity index (χ0) is 27.2. The summed E-state index contributed by atoms with van der Waals surface area (Å²) >= 11 is 0. The van der Waals surface area contributed by atoms with Gasteiger partial charge in [0.1, 0.15) is 11.4 Å². The second kappa shape index (κ2) is 11.9. The molecule has 2 aromatic heterocycles. The Hall–Kier alpha value is -3.88. The summed E-state index contributed by atoms with van der Waals surface area (Å²) in [5.41, 5.74) is 8.04. The van der Waals surface area contributed by atoms with Crippen LogP contribution in [0.2, 0.25) is 0 Å². The second-order valence-corrected chi connectivity index (χ2v) is 10.8. The third kappa shape index (κ3) is 6.24. The quantitative estimate of drug-likeness (QED) is 0.207. The van der Waals surface area contributed by atoms with Crippen LogP contribution in [0.25, 0.3) is 11.0 Å². The molecule has 204 valence electrons. The average Bonchev–Trinajstić information content (AvgIpc) is 3.36. The summed E-state index contributed by atoms with van der Waals surface area (Å²) in [6.07, 6.45) is 6.94. The molecule has 1 amide bonds. The lowest BCUT2D eigenvalue weighted by molar-refractivity contribution is -0.116. The van der Waals surface area contributed by atoms with Crippen LogP contribution in [0, 0.1) is 12.3 Å². The first kappa shape index (κ1) is 26.7. The topological polar surface area (TPSA) is 82.9 Å².